The summed E-state index contributed by atoms with van der Waals surface area (Å²) in [5.41, 5.74) is 1.85. The zero-order chi connectivity index (χ0) is 18.8. The third-order valence-electron chi connectivity index (χ3n) is 5.26. The van der Waals surface area contributed by atoms with E-state index in [1.165, 1.54) is 16.6 Å². The minimum atomic E-state index is -0.506. The van der Waals surface area contributed by atoms with Crippen LogP contribution < -0.4 is 5.56 Å². The van der Waals surface area contributed by atoms with Gasteiger partial charge in [0.15, 0.2) is 5.65 Å². The van der Waals surface area contributed by atoms with E-state index in [1.807, 2.05) is 24.3 Å². The second-order valence-electron chi connectivity index (χ2n) is 6.80. The molecule has 27 heavy (non-hydrogen) atoms. The highest BCUT2D eigenvalue weighted by molar-refractivity contribution is 6.30. The predicted molar refractivity (Wildman–Crippen MR) is 99.5 cm³/mol. The molecular weight excluding hydrogens is 367 g/mol. The van der Waals surface area contributed by atoms with E-state index in [0.717, 1.165) is 24.5 Å². The highest BCUT2D eigenvalue weighted by Crippen LogP contribution is 2.54. The van der Waals surface area contributed by atoms with E-state index in [1.54, 1.807) is 0 Å². The fourth-order valence-corrected chi connectivity index (χ4v) is 3.86. The number of benzene rings is 2. The van der Waals surface area contributed by atoms with Crippen LogP contribution >= 0.6 is 11.6 Å². The molecule has 2 aromatic carbocycles. The van der Waals surface area contributed by atoms with Crippen molar-refractivity contribution in [2.75, 3.05) is 0 Å². The number of nitriles is 1. The van der Waals surface area contributed by atoms with Crippen molar-refractivity contribution in [2.24, 2.45) is 0 Å². The van der Waals surface area contributed by atoms with Gasteiger partial charge in [0.25, 0.3) is 5.56 Å². The van der Waals surface area contributed by atoms with Crippen LogP contribution in [0.5, 0.6) is 0 Å². The molecule has 2 aromatic heterocycles. The summed E-state index contributed by atoms with van der Waals surface area (Å²) in [6, 6.07) is 13.6. The summed E-state index contributed by atoms with van der Waals surface area (Å²) < 4.78 is 14.8. The van der Waals surface area contributed by atoms with Gasteiger partial charge in [-0.15, -0.1) is 0 Å². The molecule has 1 N–H and O–H groups in total. The van der Waals surface area contributed by atoms with Crippen LogP contribution in [0.1, 0.15) is 29.7 Å². The molecule has 5 nitrogen and oxygen atoms in total. The van der Waals surface area contributed by atoms with Crippen LogP contribution in [0.4, 0.5) is 4.39 Å². The number of hydrogen-bond acceptors (Lipinski definition) is 3. The number of hydrogen-bond donors (Lipinski definition) is 1. The minimum absolute atomic E-state index is 0.168. The van der Waals surface area contributed by atoms with Gasteiger partial charge in [-0.05, 0) is 48.7 Å². The van der Waals surface area contributed by atoms with Crippen LogP contribution in [0.3, 0.4) is 0 Å². The van der Waals surface area contributed by atoms with E-state index in [9.17, 15) is 14.4 Å². The van der Waals surface area contributed by atoms with E-state index < -0.39 is 11.4 Å². The molecule has 2 heterocycles. The standard InChI is InChI=1S/C20H12ClFN4O/c21-12-3-1-11(2-4-12)20(7-8-20)17-15(10-23)18-24-16-6-5-13(22)9-14(16)19(27)26(18)25-17/h1-6,9,25H,7-8H2. The van der Waals surface area contributed by atoms with Crippen LogP contribution in [0.15, 0.2) is 47.3 Å². The van der Waals surface area contributed by atoms with Gasteiger partial charge in [-0.3, -0.25) is 9.89 Å². The number of aromatic nitrogens is 3. The molecule has 0 bridgehead atoms. The van der Waals surface area contributed by atoms with Crippen LogP contribution in [-0.4, -0.2) is 14.6 Å². The molecule has 0 amide bonds. The lowest BCUT2D eigenvalue weighted by molar-refractivity contribution is 0.629. The third kappa shape index (κ3) is 2.22. The van der Waals surface area contributed by atoms with Gasteiger partial charge in [0.1, 0.15) is 17.4 Å². The number of nitrogens with one attached hydrogen (secondary N) is 1. The summed E-state index contributed by atoms with van der Waals surface area (Å²) in [5.74, 6) is -0.506. The Bertz CT molecular complexity index is 1330. The summed E-state index contributed by atoms with van der Waals surface area (Å²) in [4.78, 5) is 17.3. The first kappa shape index (κ1) is 16.0. The fourth-order valence-electron chi connectivity index (χ4n) is 3.74. The molecule has 1 aliphatic rings. The number of nitrogens with zero attached hydrogens (tertiary/aromatic N) is 3. The van der Waals surface area contributed by atoms with Gasteiger partial charge in [0.05, 0.1) is 16.6 Å². The molecule has 0 atom stereocenters. The molecule has 7 heteroatoms. The van der Waals surface area contributed by atoms with Crippen LogP contribution in [0.25, 0.3) is 16.6 Å². The first-order chi connectivity index (χ1) is 13.0. The second-order valence-corrected chi connectivity index (χ2v) is 7.24. The van der Waals surface area contributed by atoms with Crippen molar-refractivity contribution in [3.8, 4) is 6.07 Å². The SMILES string of the molecule is N#Cc1c(C2(c3ccc(Cl)cc3)CC2)[nH]n2c(=O)c3cc(F)ccc3nc12. The average Bonchev–Trinajstić information content (AvgIpc) is 3.38. The van der Waals surface area contributed by atoms with Crippen molar-refractivity contribution >= 4 is 28.2 Å². The number of halogens is 2. The molecular formula is C20H12ClFN4O. The lowest BCUT2D eigenvalue weighted by atomic mass is 9.90. The van der Waals surface area contributed by atoms with Crippen molar-refractivity contribution in [1.82, 2.24) is 14.6 Å². The molecule has 1 fully saturated rings. The normalized spacial score (nSPS) is 15.1. The van der Waals surface area contributed by atoms with Gasteiger partial charge in [0, 0.05) is 10.4 Å². The molecule has 132 valence electrons. The van der Waals surface area contributed by atoms with Gasteiger partial charge < -0.3 is 0 Å². The van der Waals surface area contributed by atoms with Crippen molar-refractivity contribution in [3.63, 3.8) is 0 Å². The highest BCUT2D eigenvalue weighted by atomic mass is 35.5. The van der Waals surface area contributed by atoms with Gasteiger partial charge in [-0.1, -0.05) is 23.7 Å². The molecule has 0 radical (unpaired) electrons. The van der Waals surface area contributed by atoms with Crippen molar-refractivity contribution in [1.29, 1.82) is 5.26 Å². The lowest BCUT2D eigenvalue weighted by Gasteiger charge is -2.14. The van der Waals surface area contributed by atoms with E-state index in [2.05, 4.69) is 16.2 Å². The van der Waals surface area contributed by atoms with Crippen LogP contribution in [0.2, 0.25) is 5.02 Å². The molecule has 0 aliphatic heterocycles. The Morgan fingerprint density at radius 1 is 1.22 bits per heavy atom. The summed E-state index contributed by atoms with van der Waals surface area (Å²) in [6.45, 7) is 0. The maximum Gasteiger partial charge on any atom is 0.280 e. The molecule has 0 saturated heterocycles. The van der Waals surface area contributed by atoms with Crippen molar-refractivity contribution in [3.05, 3.63) is 80.5 Å². The molecule has 4 aromatic rings. The summed E-state index contributed by atoms with van der Waals surface area (Å²) >= 11 is 6.00. The number of aromatic amines is 1. The number of fused-ring (bicyclic) bond motifs is 2. The minimum Gasteiger partial charge on any atom is -0.291 e. The topological polar surface area (TPSA) is 73.9 Å². The van der Waals surface area contributed by atoms with Crippen LogP contribution in [-0.2, 0) is 5.41 Å². The number of rotatable bonds is 2. The Balaban J connectivity index is 1.82. The van der Waals surface area contributed by atoms with Gasteiger partial charge in [-0.25, -0.2) is 9.37 Å². The first-order valence-electron chi connectivity index (χ1n) is 8.44. The smallest absolute Gasteiger partial charge is 0.280 e. The second kappa shape index (κ2) is 5.41. The Kier molecular flexibility index (Phi) is 3.22. The number of H-pyrrole nitrogens is 1. The van der Waals surface area contributed by atoms with E-state index in [0.29, 0.717) is 21.8 Å². The third-order valence-corrected chi connectivity index (χ3v) is 5.52. The van der Waals surface area contributed by atoms with Gasteiger partial charge in [0.2, 0.25) is 0 Å². The average molecular weight is 379 g/mol. The van der Waals surface area contributed by atoms with Crippen molar-refractivity contribution < 1.29 is 4.39 Å². The Labute approximate surface area is 157 Å². The Hall–Kier alpha value is -3.17. The predicted octanol–water partition coefficient (Wildman–Crippen LogP) is 3.92. The molecule has 5 rings (SSSR count). The maximum absolute atomic E-state index is 13.6. The Morgan fingerprint density at radius 2 is 1.96 bits per heavy atom. The van der Waals surface area contributed by atoms with E-state index in [-0.39, 0.29) is 16.4 Å². The maximum atomic E-state index is 13.6. The Morgan fingerprint density at radius 3 is 2.63 bits per heavy atom. The van der Waals surface area contributed by atoms with E-state index >= 15 is 0 Å². The van der Waals surface area contributed by atoms with Crippen molar-refractivity contribution in [2.45, 2.75) is 18.3 Å². The fraction of sp³-hybridized carbons (Fsp3) is 0.150. The highest BCUT2D eigenvalue weighted by Gasteiger charge is 2.49. The first-order valence-corrected chi connectivity index (χ1v) is 8.82. The van der Waals surface area contributed by atoms with Gasteiger partial charge >= 0.3 is 0 Å². The lowest BCUT2D eigenvalue weighted by Crippen LogP contribution is -2.17. The monoisotopic (exact) mass is 378 g/mol. The molecule has 0 spiro atoms. The van der Waals surface area contributed by atoms with Gasteiger partial charge in [-0.2, -0.15) is 9.78 Å². The molecule has 0 unspecified atom stereocenters. The van der Waals surface area contributed by atoms with Crippen LogP contribution in [0, 0.1) is 17.1 Å². The quantitative estimate of drug-likeness (QED) is 0.574. The largest absolute Gasteiger partial charge is 0.291 e. The summed E-state index contributed by atoms with van der Waals surface area (Å²) in [7, 11) is 0. The van der Waals surface area contributed by atoms with E-state index in [4.69, 9.17) is 11.6 Å². The summed E-state index contributed by atoms with van der Waals surface area (Å²) in [6.07, 6.45) is 1.69. The molecule has 1 saturated carbocycles. The summed E-state index contributed by atoms with van der Waals surface area (Å²) in [5, 5.41) is 13.7. The zero-order valence-corrected chi connectivity index (χ0v) is 14.7. The zero-order valence-electron chi connectivity index (χ0n) is 14.0. The molecule has 1 aliphatic carbocycles.